The first-order valence-corrected chi connectivity index (χ1v) is 3.65. The van der Waals surface area contributed by atoms with Crippen LogP contribution in [0.5, 0.6) is 0 Å². The van der Waals surface area contributed by atoms with Crippen LogP contribution in [0.2, 0.25) is 0 Å². The van der Waals surface area contributed by atoms with Gasteiger partial charge in [-0.25, -0.2) is 4.98 Å². The van der Waals surface area contributed by atoms with E-state index in [0.717, 1.165) is 0 Å². The van der Waals surface area contributed by atoms with Crippen LogP contribution in [0.1, 0.15) is 5.69 Å². The van der Waals surface area contributed by atoms with Crippen molar-refractivity contribution >= 4 is 11.1 Å². The predicted octanol–water partition coefficient (Wildman–Crippen LogP) is -2.97. The molecule has 6 heteroatoms. The van der Waals surface area contributed by atoms with Gasteiger partial charge >= 0.3 is 29.6 Å². The van der Waals surface area contributed by atoms with Crippen LogP contribution in [0, 0.1) is 6.92 Å². The first-order valence-electron chi connectivity index (χ1n) is 2.58. The van der Waals surface area contributed by atoms with Crippen molar-refractivity contribution in [3.05, 3.63) is 18.1 Å². The second kappa shape index (κ2) is 4.95. The summed E-state index contributed by atoms with van der Waals surface area (Å²) in [6, 6.07) is 0. The maximum Gasteiger partial charge on any atom is 1.00 e. The summed E-state index contributed by atoms with van der Waals surface area (Å²) in [6.45, 7) is 1.74. The summed E-state index contributed by atoms with van der Waals surface area (Å²) in [5.74, 6) is 0. The minimum Gasteiger partial charge on any atom is -0.767 e. The van der Waals surface area contributed by atoms with Gasteiger partial charge in [0, 0.05) is 6.20 Å². The molecule has 4 nitrogen and oxygen atoms in total. The fraction of sp³-hybridized carbons (Fsp3) is 0.200. The van der Waals surface area contributed by atoms with Gasteiger partial charge in [-0.3, -0.25) is 9.19 Å². The third-order valence-corrected chi connectivity index (χ3v) is 1.48. The van der Waals surface area contributed by atoms with E-state index >= 15 is 0 Å². The van der Waals surface area contributed by atoms with Gasteiger partial charge in [0.05, 0.1) is 11.9 Å². The van der Waals surface area contributed by atoms with Gasteiger partial charge < -0.3 is 4.55 Å². The molecule has 54 valence electrons. The van der Waals surface area contributed by atoms with Crippen molar-refractivity contribution < 1.29 is 38.3 Å². The Morgan fingerprint density at radius 3 is 2.45 bits per heavy atom. The zero-order valence-corrected chi connectivity index (χ0v) is 9.09. The van der Waals surface area contributed by atoms with Gasteiger partial charge in [-0.15, -0.1) is 0 Å². The fourth-order valence-electron chi connectivity index (χ4n) is 0.467. The molecular weight excluding hydrogens is 175 g/mol. The minimum atomic E-state index is -2.26. The first kappa shape index (κ1) is 11.2. The number of aryl methyl sites for hydroxylation is 1. The van der Waals surface area contributed by atoms with Gasteiger partial charge in [0.25, 0.3) is 0 Å². The van der Waals surface area contributed by atoms with Crippen molar-refractivity contribution in [2.75, 3.05) is 0 Å². The molecule has 1 aromatic rings. The molecule has 0 amide bonds. The second-order valence-corrected chi connectivity index (χ2v) is 2.62. The molecule has 0 spiro atoms. The largest absolute Gasteiger partial charge is 1.00 e. The summed E-state index contributed by atoms with van der Waals surface area (Å²) in [7, 11) is 0. The average molecular weight is 180 g/mol. The van der Waals surface area contributed by atoms with Crippen LogP contribution in [0.25, 0.3) is 0 Å². The Hall–Kier alpha value is 0.190. The smallest absolute Gasteiger partial charge is 0.767 e. The van der Waals surface area contributed by atoms with Gasteiger partial charge in [-0.05, 0) is 18.0 Å². The molecule has 0 radical (unpaired) electrons. The van der Waals surface area contributed by atoms with Gasteiger partial charge in [0.1, 0.15) is 5.03 Å². The van der Waals surface area contributed by atoms with Crippen molar-refractivity contribution in [1.29, 1.82) is 0 Å². The third kappa shape index (κ3) is 3.39. The summed E-state index contributed by atoms with van der Waals surface area (Å²) >= 11 is -2.26. The molecule has 0 N–H and O–H groups in total. The Bertz CT molecular complexity index is 251. The van der Waals surface area contributed by atoms with E-state index in [0.29, 0.717) is 5.69 Å². The van der Waals surface area contributed by atoms with Crippen molar-refractivity contribution in [3.8, 4) is 0 Å². The SMILES string of the molecule is Cc1cnc(S(=O)[O-])cn1.[Na+]. The van der Waals surface area contributed by atoms with Crippen LogP contribution in [-0.2, 0) is 11.1 Å². The van der Waals surface area contributed by atoms with Gasteiger partial charge in [0.2, 0.25) is 0 Å². The van der Waals surface area contributed by atoms with E-state index < -0.39 is 11.1 Å². The van der Waals surface area contributed by atoms with Crippen molar-refractivity contribution in [2.24, 2.45) is 0 Å². The van der Waals surface area contributed by atoms with Gasteiger partial charge in [-0.2, -0.15) is 0 Å². The molecule has 11 heavy (non-hydrogen) atoms. The van der Waals surface area contributed by atoms with E-state index in [1.807, 2.05) is 0 Å². The van der Waals surface area contributed by atoms with E-state index in [-0.39, 0.29) is 34.6 Å². The molecule has 0 fully saturated rings. The molecule has 1 unspecified atom stereocenters. The number of rotatable bonds is 1. The molecule has 0 aliphatic rings. The van der Waals surface area contributed by atoms with Crippen LogP contribution in [0.15, 0.2) is 17.4 Å². The Labute approximate surface area is 89.0 Å². The van der Waals surface area contributed by atoms with Crippen LogP contribution in [0.3, 0.4) is 0 Å². The predicted molar refractivity (Wildman–Crippen MR) is 34.0 cm³/mol. The monoisotopic (exact) mass is 180 g/mol. The molecule has 1 heterocycles. The third-order valence-electron chi connectivity index (χ3n) is 0.928. The molecule has 0 bridgehead atoms. The number of hydrogen-bond acceptors (Lipinski definition) is 4. The molecule has 1 atom stereocenters. The first-order chi connectivity index (χ1) is 4.70. The van der Waals surface area contributed by atoms with Gasteiger partial charge in [-0.1, -0.05) is 0 Å². The van der Waals surface area contributed by atoms with E-state index in [4.69, 9.17) is 0 Å². The van der Waals surface area contributed by atoms with Crippen molar-refractivity contribution in [3.63, 3.8) is 0 Å². The Morgan fingerprint density at radius 2 is 2.09 bits per heavy atom. The Kier molecular flexibility index (Phi) is 5.03. The van der Waals surface area contributed by atoms with Crippen LogP contribution >= 0.6 is 0 Å². The summed E-state index contributed by atoms with van der Waals surface area (Å²) in [6.07, 6.45) is 2.63. The van der Waals surface area contributed by atoms with E-state index in [1.165, 1.54) is 12.4 Å². The van der Waals surface area contributed by atoms with Crippen LogP contribution in [-0.4, -0.2) is 18.7 Å². The molecule has 0 saturated carbocycles. The molecular formula is C5H5N2NaO2S. The van der Waals surface area contributed by atoms with Gasteiger partial charge in [0.15, 0.2) is 0 Å². The summed E-state index contributed by atoms with van der Waals surface area (Å²) in [5, 5.41) is -0.0226. The van der Waals surface area contributed by atoms with Crippen LogP contribution in [0.4, 0.5) is 0 Å². The second-order valence-electron chi connectivity index (χ2n) is 1.73. The van der Waals surface area contributed by atoms with E-state index in [9.17, 15) is 8.76 Å². The van der Waals surface area contributed by atoms with Crippen molar-refractivity contribution in [1.82, 2.24) is 9.97 Å². The van der Waals surface area contributed by atoms with E-state index in [2.05, 4.69) is 9.97 Å². The Balaban J connectivity index is 0.000001000. The van der Waals surface area contributed by atoms with E-state index in [1.54, 1.807) is 6.92 Å². The summed E-state index contributed by atoms with van der Waals surface area (Å²) < 4.78 is 20.4. The standard InChI is InChI=1S/C5H6N2O2S.Na/c1-4-2-7-5(3-6-4)10(8)9;/h2-3H,1H3,(H,8,9);/q;+1/p-1. The minimum absolute atomic E-state index is 0. The number of aromatic nitrogens is 2. The maximum absolute atomic E-state index is 10.2. The molecule has 1 rings (SSSR count). The molecule has 0 aliphatic heterocycles. The molecule has 0 aromatic carbocycles. The quantitative estimate of drug-likeness (QED) is 0.342. The fourth-order valence-corrected chi connectivity index (χ4v) is 0.744. The normalized spacial score (nSPS) is 11.8. The average Bonchev–Trinajstić information content (AvgIpc) is 1.88. The number of hydrogen-bond donors (Lipinski definition) is 0. The maximum atomic E-state index is 10.2. The zero-order valence-electron chi connectivity index (χ0n) is 6.27. The van der Waals surface area contributed by atoms with Crippen LogP contribution < -0.4 is 29.6 Å². The van der Waals surface area contributed by atoms with Crippen molar-refractivity contribution in [2.45, 2.75) is 11.9 Å². The zero-order chi connectivity index (χ0) is 7.56. The number of nitrogens with zero attached hydrogens (tertiary/aromatic N) is 2. The molecule has 0 aliphatic carbocycles. The summed E-state index contributed by atoms with van der Waals surface area (Å²) in [4.78, 5) is 7.35. The molecule has 1 aromatic heterocycles. The molecule has 0 saturated heterocycles. The topological polar surface area (TPSA) is 65.9 Å². The Morgan fingerprint density at radius 1 is 1.45 bits per heavy atom. The summed E-state index contributed by atoms with van der Waals surface area (Å²) in [5.41, 5.74) is 0.703.